The molecule has 0 aliphatic carbocycles. The number of nitrogens with zero attached hydrogens (tertiary/aromatic N) is 2. The number of aromatic nitrogens is 2. The molecule has 0 aliphatic heterocycles. The molecule has 136 valence electrons. The summed E-state index contributed by atoms with van der Waals surface area (Å²) in [6.07, 6.45) is 0. The van der Waals surface area contributed by atoms with E-state index in [4.69, 9.17) is 5.11 Å². The summed E-state index contributed by atoms with van der Waals surface area (Å²) in [7, 11) is 0. The van der Waals surface area contributed by atoms with Gasteiger partial charge in [0.1, 0.15) is 5.82 Å². The molecule has 0 spiro atoms. The molecule has 27 heavy (non-hydrogen) atoms. The molecule has 0 saturated carbocycles. The van der Waals surface area contributed by atoms with Gasteiger partial charge in [-0.2, -0.15) is 4.98 Å². The Bertz CT molecular complexity index is 1060. The molecule has 0 aliphatic rings. The molecule has 0 bridgehead atoms. The second kappa shape index (κ2) is 7.73. The summed E-state index contributed by atoms with van der Waals surface area (Å²) in [4.78, 5) is 21.4. The fourth-order valence-corrected chi connectivity index (χ4v) is 4.03. The quantitative estimate of drug-likeness (QED) is 0.421. The van der Waals surface area contributed by atoms with Crippen molar-refractivity contribution >= 4 is 50.6 Å². The second-order valence-corrected chi connectivity index (χ2v) is 7.77. The highest BCUT2D eigenvalue weighted by atomic mass is 32.1. The third-order valence-electron chi connectivity index (χ3n) is 3.97. The van der Waals surface area contributed by atoms with E-state index in [0.29, 0.717) is 19.0 Å². The van der Waals surface area contributed by atoms with Crippen LogP contribution in [0, 0.1) is 0 Å². The Morgan fingerprint density at radius 3 is 2.56 bits per heavy atom. The third-order valence-corrected chi connectivity index (χ3v) is 5.75. The van der Waals surface area contributed by atoms with Gasteiger partial charge in [-0.15, -0.1) is 22.7 Å². The average Bonchev–Trinajstić information content (AvgIpc) is 3.36. The van der Waals surface area contributed by atoms with Gasteiger partial charge in [0, 0.05) is 11.4 Å². The Morgan fingerprint density at radius 2 is 1.81 bits per heavy atom. The van der Waals surface area contributed by atoms with Gasteiger partial charge < -0.3 is 15.7 Å². The molecule has 0 unspecified atom stereocenters. The van der Waals surface area contributed by atoms with E-state index in [0.717, 1.165) is 21.6 Å². The number of anilines is 2. The molecule has 3 heterocycles. The summed E-state index contributed by atoms with van der Waals surface area (Å²) in [5.41, 5.74) is 2.16. The Morgan fingerprint density at radius 1 is 0.963 bits per heavy atom. The number of benzene rings is 1. The molecule has 0 atom stereocenters. The van der Waals surface area contributed by atoms with Crippen molar-refractivity contribution in [3.8, 4) is 0 Å². The minimum Gasteiger partial charge on any atom is -0.478 e. The summed E-state index contributed by atoms with van der Waals surface area (Å²) in [5, 5.41) is 19.7. The zero-order valence-corrected chi connectivity index (χ0v) is 15.8. The van der Waals surface area contributed by atoms with Crippen molar-refractivity contribution in [2.24, 2.45) is 0 Å². The maximum absolute atomic E-state index is 11.0. The monoisotopic (exact) mass is 396 g/mol. The summed E-state index contributed by atoms with van der Waals surface area (Å²) in [6.45, 7) is 1.23. The molecule has 8 heteroatoms. The molecule has 6 nitrogen and oxygen atoms in total. The SMILES string of the molecule is O=C(O)c1ccc(CNc2nc(NCc3cccs3)nc3ccsc23)cc1. The number of hydrogen-bond acceptors (Lipinski definition) is 7. The molecular weight excluding hydrogens is 380 g/mol. The zero-order valence-electron chi connectivity index (χ0n) is 14.2. The molecule has 0 radical (unpaired) electrons. The average molecular weight is 396 g/mol. The minimum absolute atomic E-state index is 0.279. The van der Waals surface area contributed by atoms with Crippen LogP contribution in [0.1, 0.15) is 20.8 Å². The van der Waals surface area contributed by atoms with Gasteiger partial charge in [0.2, 0.25) is 5.95 Å². The van der Waals surface area contributed by atoms with Gasteiger partial charge in [-0.1, -0.05) is 18.2 Å². The Kier molecular flexibility index (Phi) is 4.99. The van der Waals surface area contributed by atoms with Crippen molar-refractivity contribution in [1.82, 2.24) is 9.97 Å². The van der Waals surface area contributed by atoms with Crippen LogP contribution in [0.15, 0.2) is 53.2 Å². The highest BCUT2D eigenvalue weighted by molar-refractivity contribution is 7.17. The van der Waals surface area contributed by atoms with Crippen LogP contribution < -0.4 is 10.6 Å². The number of aromatic carboxylic acids is 1. The second-order valence-electron chi connectivity index (χ2n) is 5.82. The Labute approximate surface area is 163 Å². The van der Waals surface area contributed by atoms with Crippen molar-refractivity contribution < 1.29 is 9.90 Å². The van der Waals surface area contributed by atoms with Crippen LogP contribution in [0.4, 0.5) is 11.8 Å². The van der Waals surface area contributed by atoms with Gasteiger partial charge in [-0.3, -0.25) is 0 Å². The Hall–Kier alpha value is -2.97. The smallest absolute Gasteiger partial charge is 0.335 e. The standard InChI is InChI=1S/C19H16N4O2S2/c24-18(25)13-5-3-12(4-6-13)10-20-17-16-15(7-9-27-16)22-19(23-17)21-11-14-2-1-8-26-14/h1-9H,10-11H2,(H,24,25)(H2,20,21,22,23). The number of carboxylic acid groups (broad SMARTS) is 1. The highest BCUT2D eigenvalue weighted by Crippen LogP contribution is 2.28. The van der Waals surface area contributed by atoms with Crippen molar-refractivity contribution in [1.29, 1.82) is 0 Å². The predicted octanol–water partition coefficient (Wildman–Crippen LogP) is 4.68. The van der Waals surface area contributed by atoms with Gasteiger partial charge >= 0.3 is 5.97 Å². The van der Waals surface area contributed by atoms with E-state index in [2.05, 4.69) is 26.7 Å². The van der Waals surface area contributed by atoms with Crippen LogP contribution in [0.5, 0.6) is 0 Å². The third kappa shape index (κ3) is 4.07. The largest absolute Gasteiger partial charge is 0.478 e. The van der Waals surface area contributed by atoms with Crippen molar-refractivity contribution in [3.05, 3.63) is 69.2 Å². The van der Waals surface area contributed by atoms with Crippen molar-refractivity contribution in [2.75, 3.05) is 10.6 Å². The fraction of sp³-hybridized carbons (Fsp3) is 0.105. The van der Waals surface area contributed by atoms with E-state index in [1.807, 2.05) is 22.9 Å². The first kappa shape index (κ1) is 17.4. The van der Waals surface area contributed by atoms with Gasteiger partial charge in [-0.05, 0) is 40.6 Å². The minimum atomic E-state index is -0.924. The molecule has 4 rings (SSSR count). The lowest BCUT2D eigenvalue weighted by atomic mass is 10.1. The number of rotatable bonds is 7. The van der Waals surface area contributed by atoms with Crippen molar-refractivity contribution in [3.63, 3.8) is 0 Å². The molecule has 4 aromatic rings. The van der Waals surface area contributed by atoms with Crippen LogP contribution >= 0.6 is 22.7 Å². The van der Waals surface area contributed by atoms with Gasteiger partial charge in [0.25, 0.3) is 0 Å². The van der Waals surface area contributed by atoms with E-state index in [-0.39, 0.29) is 5.56 Å². The first-order valence-corrected chi connectivity index (χ1v) is 10.0. The molecular formula is C19H16N4O2S2. The van der Waals surface area contributed by atoms with E-state index in [1.54, 1.807) is 46.9 Å². The molecule has 1 aromatic carbocycles. The van der Waals surface area contributed by atoms with Gasteiger partial charge in [-0.25, -0.2) is 9.78 Å². The number of thiophene rings is 2. The number of carboxylic acids is 1. The highest BCUT2D eigenvalue weighted by Gasteiger charge is 2.10. The molecule has 0 saturated heterocycles. The zero-order chi connectivity index (χ0) is 18.6. The molecule has 3 N–H and O–H groups in total. The van der Waals surface area contributed by atoms with E-state index < -0.39 is 5.97 Å². The molecule has 3 aromatic heterocycles. The van der Waals surface area contributed by atoms with Crippen LogP contribution in [0.3, 0.4) is 0 Å². The summed E-state index contributed by atoms with van der Waals surface area (Å²) >= 11 is 3.28. The van der Waals surface area contributed by atoms with E-state index in [9.17, 15) is 4.79 Å². The van der Waals surface area contributed by atoms with Crippen molar-refractivity contribution in [2.45, 2.75) is 13.1 Å². The normalized spacial score (nSPS) is 10.8. The van der Waals surface area contributed by atoms with Crippen LogP contribution in [0.25, 0.3) is 10.2 Å². The van der Waals surface area contributed by atoms with E-state index in [1.165, 1.54) is 4.88 Å². The number of carbonyl (C=O) groups is 1. The van der Waals surface area contributed by atoms with Crippen LogP contribution in [-0.4, -0.2) is 21.0 Å². The number of fused-ring (bicyclic) bond motifs is 1. The predicted molar refractivity (Wildman–Crippen MR) is 110 cm³/mol. The maximum atomic E-state index is 11.0. The van der Waals surface area contributed by atoms with Crippen LogP contribution in [0.2, 0.25) is 0 Å². The lowest BCUT2D eigenvalue weighted by Gasteiger charge is -2.10. The summed E-state index contributed by atoms with van der Waals surface area (Å²) in [6, 6.07) is 12.9. The number of nitrogens with one attached hydrogen (secondary N) is 2. The number of hydrogen-bond donors (Lipinski definition) is 3. The molecule has 0 fully saturated rings. The topological polar surface area (TPSA) is 87.1 Å². The first-order chi connectivity index (χ1) is 13.2. The fourth-order valence-electron chi connectivity index (χ4n) is 2.59. The summed E-state index contributed by atoms with van der Waals surface area (Å²) in [5.74, 6) is 0.427. The lowest BCUT2D eigenvalue weighted by Crippen LogP contribution is -2.07. The first-order valence-electron chi connectivity index (χ1n) is 8.26. The maximum Gasteiger partial charge on any atom is 0.335 e. The van der Waals surface area contributed by atoms with Gasteiger partial charge in [0.15, 0.2) is 0 Å². The lowest BCUT2D eigenvalue weighted by molar-refractivity contribution is 0.0697. The van der Waals surface area contributed by atoms with E-state index >= 15 is 0 Å². The van der Waals surface area contributed by atoms with Gasteiger partial charge in [0.05, 0.1) is 22.3 Å². The Balaban J connectivity index is 1.51. The van der Waals surface area contributed by atoms with Crippen LogP contribution in [-0.2, 0) is 13.1 Å². The summed E-state index contributed by atoms with van der Waals surface area (Å²) < 4.78 is 0.999. The molecule has 0 amide bonds.